The first-order valence-electron chi connectivity index (χ1n) is 13.5. The van der Waals surface area contributed by atoms with Gasteiger partial charge in [-0.25, -0.2) is 4.79 Å². The van der Waals surface area contributed by atoms with Crippen molar-refractivity contribution < 1.29 is 29.4 Å². The summed E-state index contributed by atoms with van der Waals surface area (Å²) in [4.78, 5) is 51.5. The maximum absolute atomic E-state index is 13.4. The van der Waals surface area contributed by atoms with Crippen LogP contribution in [0, 0.1) is 0 Å². The number of aliphatic carboxylic acids is 1. The zero-order chi connectivity index (χ0) is 30.2. The van der Waals surface area contributed by atoms with Crippen molar-refractivity contribution in [3.8, 4) is 5.75 Å². The highest BCUT2D eigenvalue weighted by molar-refractivity contribution is 7.98. The van der Waals surface area contributed by atoms with Gasteiger partial charge in [0.25, 0.3) is 0 Å². The third kappa shape index (κ3) is 12.2. The molecule has 12 heteroatoms. The van der Waals surface area contributed by atoms with Crippen molar-refractivity contribution in [2.24, 2.45) is 11.5 Å². The quantitative estimate of drug-likeness (QED) is 0.124. The number of benzene rings is 2. The van der Waals surface area contributed by atoms with Crippen LogP contribution in [-0.2, 0) is 32.0 Å². The number of carbonyl (C=O) groups is 4. The number of aromatic hydroxyl groups is 1. The molecule has 41 heavy (non-hydrogen) atoms. The first-order chi connectivity index (χ1) is 19.6. The lowest BCUT2D eigenvalue weighted by Crippen LogP contribution is -2.58. The van der Waals surface area contributed by atoms with Crippen LogP contribution in [0.4, 0.5) is 0 Å². The Hall–Kier alpha value is -3.61. The normalized spacial score (nSPS) is 13.8. The van der Waals surface area contributed by atoms with Gasteiger partial charge >= 0.3 is 5.97 Å². The Bertz CT molecular complexity index is 1120. The molecular formula is C29H41N5O6S. The molecule has 4 unspecified atom stereocenters. The molecule has 0 aliphatic heterocycles. The number of unbranched alkanes of at least 4 members (excludes halogenated alkanes) is 1. The van der Waals surface area contributed by atoms with Gasteiger partial charge in [-0.15, -0.1) is 0 Å². The summed E-state index contributed by atoms with van der Waals surface area (Å²) in [5.74, 6) is -2.35. The summed E-state index contributed by atoms with van der Waals surface area (Å²) in [6.07, 6.45) is 4.11. The molecule has 0 saturated heterocycles. The standard InChI is InChI=1S/C29H41N5O6S/c1-41-16-14-23(32-26(36)22(31)9-5-6-15-30)27(37)33-24(17-19-7-3-2-4-8-19)28(38)34-25(29(39)40)18-20-10-12-21(35)13-11-20/h2-4,7-8,10-13,22-25,35H,5-6,9,14-18,30-31H2,1H3,(H,32,36)(H,33,37)(H,34,38)(H,39,40). The fourth-order valence-electron chi connectivity index (χ4n) is 4.09. The van der Waals surface area contributed by atoms with Crippen LogP contribution in [0.5, 0.6) is 5.75 Å². The topological polar surface area (TPSA) is 197 Å². The Labute approximate surface area is 244 Å². The highest BCUT2D eigenvalue weighted by Gasteiger charge is 2.30. The molecule has 224 valence electrons. The van der Waals surface area contributed by atoms with Gasteiger partial charge in [0, 0.05) is 12.8 Å². The number of hydrogen-bond acceptors (Lipinski definition) is 8. The minimum Gasteiger partial charge on any atom is -0.508 e. The Morgan fingerprint density at radius 3 is 1.95 bits per heavy atom. The van der Waals surface area contributed by atoms with Crippen LogP contribution in [0.25, 0.3) is 0 Å². The van der Waals surface area contributed by atoms with E-state index in [-0.39, 0.29) is 18.6 Å². The molecule has 3 amide bonds. The van der Waals surface area contributed by atoms with Gasteiger partial charge in [-0.1, -0.05) is 48.9 Å². The van der Waals surface area contributed by atoms with Crippen molar-refractivity contribution >= 4 is 35.5 Å². The van der Waals surface area contributed by atoms with E-state index < -0.39 is 47.9 Å². The molecule has 9 N–H and O–H groups in total. The van der Waals surface area contributed by atoms with Crippen LogP contribution >= 0.6 is 11.8 Å². The molecule has 2 aromatic carbocycles. The Kier molecular flexibility index (Phi) is 14.7. The van der Waals surface area contributed by atoms with Gasteiger partial charge in [0.2, 0.25) is 17.7 Å². The first-order valence-corrected chi connectivity index (χ1v) is 14.9. The molecule has 0 heterocycles. The van der Waals surface area contributed by atoms with Crippen molar-refractivity contribution in [2.45, 2.75) is 62.7 Å². The van der Waals surface area contributed by atoms with E-state index in [2.05, 4.69) is 16.0 Å². The van der Waals surface area contributed by atoms with Crippen molar-refractivity contribution in [1.82, 2.24) is 16.0 Å². The van der Waals surface area contributed by atoms with E-state index in [1.165, 1.54) is 23.9 Å². The average molecular weight is 588 g/mol. The zero-order valence-electron chi connectivity index (χ0n) is 23.3. The number of amides is 3. The molecular weight excluding hydrogens is 546 g/mol. The van der Waals surface area contributed by atoms with Gasteiger partial charge in [0.1, 0.15) is 23.9 Å². The van der Waals surface area contributed by atoms with E-state index in [4.69, 9.17) is 11.5 Å². The summed E-state index contributed by atoms with van der Waals surface area (Å²) in [6.45, 7) is 0.496. The summed E-state index contributed by atoms with van der Waals surface area (Å²) in [5.41, 5.74) is 12.9. The zero-order valence-corrected chi connectivity index (χ0v) is 24.1. The second-order valence-corrected chi connectivity index (χ2v) is 10.7. The van der Waals surface area contributed by atoms with E-state index in [9.17, 15) is 29.4 Å². The molecule has 0 aromatic heterocycles. The molecule has 0 bridgehead atoms. The minimum atomic E-state index is -1.28. The summed E-state index contributed by atoms with van der Waals surface area (Å²) >= 11 is 1.50. The minimum absolute atomic E-state index is 0.0260. The molecule has 0 fully saturated rings. The number of phenolic OH excluding ortho intramolecular Hbond substituents is 1. The smallest absolute Gasteiger partial charge is 0.326 e. The average Bonchev–Trinajstić information content (AvgIpc) is 2.95. The van der Waals surface area contributed by atoms with E-state index in [0.29, 0.717) is 37.1 Å². The lowest BCUT2D eigenvalue weighted by Gasteiger charge is -2.25. The maximum Gasteiger partial charge on any atom is 0.326 e. The summed E-state index contributed by atoms with van der Waals surface area (Å²) in [7, 11) is 0. The molecule has 0 radical (unpaired) electrons. The van der Waals surface area contributed by atoms with E-state index in [1.807, 2.05) is 12.3 Å². The predicted octanol–water partition coefficient (Wildman–Crippen LogP) is 0.926. The lowest BCUT2D eigenvalue weighted by molar-refractivity contribution is -0.142. The first kappa shape index (κ1) is 33.6. The molecule has 0 saturated carbocycles. The number of nitrogens with two attached hydrogens (primary N) is 2. The summed E-state index contributed by atoms with van der Waals surface area (Å²) in [5, 5.41) is 27.3. The molecule has 11 nitrogen and oxygen atoms in total. The van der Waals surface area contributed by atoms with Crippen molar-refractivity contribution in [1.29, 1.82) is 0 Å². The van der Waals surface area contributed by atoms with Crippen LogP contribution in [0.1, 0.15) is 36.8 Å². The van der Waals surface area contributed by atoms with Gasteiger partial charge < -0.3 is 37.6 Å². The number of thioether (sulfide) groups is 1. The number of hydrogen-bond donors (Lipinski definition) is 7. The molecule has 2 rings (SSSR count). The van der Waals surface area contributed by atoms with Crippen LogP contribution in [0.15, 0.2) is 54.6 Å². The van der Waals surface area contributed by atoms with Crippen LogP contribution in [-0.4, -0.2) is 76.6 Å². The number of phenols is 1. The molecule has 4 atom stereocenters. The fraction of sp³-hybridized carbons (Fsp3) is 0.448. The molecule has 0 spiro atoms. The van der Waals surface area contributed by atoms with E-state index in [0.717, 1.165) is 12.0 Å². The number of carboxylic acids is 1. The largest absolute Gasteiger partial charge is 0.508 e. The third-order valence-electron chi connectivity index (χ3n) is 6.46. The van der Waals surface area contributed by atoms with Crippen LogP contribution in [0.2, 0.25) is 0 Å². The molecule has 0 aliphatic rings. The number of carbonyl (C=O) groups excluding carboxylic acids is 3. The van der Waals surface area contributed by atoms with Crippen LogP contribution in [0.3, 0.4) is 0 Å². The van der Waals surface area contributed by atoms with Gasteiger partial charge in [0.15, 0.2) is 0 Å². The molecule has 2 aromatic rings. The van der Waals surface area contributed by atoms with Gasteiger partial charge in [0.05, 0.1) is 6.04 Å². The highest BCUT2D eigenvalue weighted by Crippen LogP contribution is 2.12. The van der Waals surface area contributed by atoms with Gasteiger partial charge in [-0.05, 0) is 61.1 Å². The fourth-order valence-corrected chi connectivity index (χ4v) is 4.57. The predicted molar refractivity (Wildman–Crippen MR) is 159 cm³/mol. The summed E-state index contributed by atoms with van der Waals surface area (Å²) < 4.78 is 0. The van der Waals surface area contributed by atoms with Crippen LogP contribution < -0.4 is 27.4 Å². The van der Waals surface area contributed by atoms with Gasteiger partial charge in [-0.2, -0.15) is 11.8 Å². The second kappa shape index (κ2) is 17.9. The lowest BCUT2D eigenvalue weighted by atomic mass is 10.0. The number of nitrogens with one attached hydrogen (secondary N) is 3. The Morgan fingerprint density at radius 2 is 1.34 bits per heavy atom. The Morgan fingerprint density at radius 1 is 0.780 bits per heavy atom. The van der Waals surface area contributed by atoms with Crippen molar-refractivity contribution in [2.75, 3.05) is 18.6 Å². The van der Waals surface area contributed by atoms with E-state index >= 15 is 0 Å². The second-order valence-electron chi connectivity index (χ2n) is 9.75. The monoisotopic (exact) mass is 587 g/mol. The highest BCUT2D eigenvalue weighted by atomic mass is 32.2. The maximum atomic E-state index is 13.4. The Balaban J connectivity index is 2.20. The van der Waals surface area contributed by atoms with Crippen molar-refractivity contribution in [3.63, 3.8) is 0 Å². The SMILES string of the molecule is CSCCC(NC(=O)C(N)CCCCN)C(=O)NC(Cc1ccccc1)C(=O)NC(Cc1ccc(O)cc1)C(=O)O. The number of carboxylic acid groups (broad SMARTS) is 1. The third-order valence-corrected chi connectivity index (χ3v) is 7.10. The number of rotatable bonds is 18. The van der Waals surface area contributed by atoms with E-state index in [1.54, 1.807) is 36.4 Å². The molecule has 0 aliphatic carbocycles. The van der Waals surface area contributed by atoms with Gasteiger partial charge in [-0.3, -0.25) is 14.4 Å². The van der Waals surface area contributed by atoms with Crippen molar-refractivity contribution in [3.05, 3.63) is 65.7 Å². The summed E-state index contributed by atoms with van der Waals surface area (Å²) in [6, 6.07) is 10.9.